The van der Waals surface area contributed by atoms with Gasteiger partial charge in [0, 0.05) is 13.1 Å². The van der Waals surface area contributed by atoms with Gasteiger partial charge in [-0.1, -0.05) is 13.8 Å². The molecular formula is C14H24N2O3S. The summed E-state index contributed by atoms with van der Waals surface area (Å²) in [6.07, 6.45) is 0.807. The first-order chi connectivity index (χ1) is 9.20. The van der Waals surface area contributed by atoms with Crippen LogP contribution in [0.1, 0.15) is 27.2 Å². The first kappa shape index (κ1) is 16.8. The number of ether oxygens (including phenoxy) is 1. The molecule has 1 aromatic rings. The third-order valence-corrected chi connectivity index (χ3v) is 5.28. The summed E-state index contributed by atoms with van der Waals surface area (Å²) in [4.78, 5) is 0.189. The van der Waals surface area contributed by atoms with Crippen LogP contribution in [0, 0.1) is 5.92 Å². The van der Waals surface area contributed by atoms with Crippen LogP contribution in [0.3, 0.4) is 0 Å². The molecule has 6 heteroatoms. The van der Waals surface area contributed by atoms with Gasteiger partial charge < -0.3 is 10.5 Å². The van der Waals surface area contributed by atoms with Crippen molar-refractivity contribution in [2.45, 2.75) is 38.1 Å². The van der Waals surface area contributed by atoms with Crippen LogP contribution < -0.4 is 10.5 Å². The monoisotopic (exact) mass is 300 g/mol. The first-order valence-corrected chi connectivity index (χ1v) is 8.05. The zero-order valence-corrected chi connectivity index (χ0v) is 13.6. The third-order valence-electron chi connectivity index (χ3n) is 3.31. The zero-order valence-electron chi connectivity index (χ0n) is 12.8. The third kappa shape index (κ3) is 3.64. The number of methoxy groups -OCH3 is 1. The Kier molecular flexibility index (Phi) is 5.42. The number of sulfonamides is 1. The van der Waals surface area contributed by atoms with Crippen molar-refractivity contribution < 1.29 is 13.2 Å². The highest BCUT2D eigenvalue weighted by Crippen LogP contribution is 2.27. The van der Waals surface area contributed by atoms with Crippen LogP contribution in [0.2, 0.25) is 0 Å². The summed E-state index contributed by atoms with van der Waals surface area (Å²) in [7, 11) is -0.437. The van der Waals surface area contributed by atoms with Gasteiger partial charge in [-0.15, -0.1) is 0 Å². The van der Waals surface area contributed by atoms with E-state index in [9.17, 15) is 8.42 Å². The fourth-order valence-corrected chi connectivity index (χ4v) is 3.52. The Hall–Kier alpha value is -1.27. The molecule has 0 saturated carbocycles. The Morgan fingerprint density at radius 2 is 1.90 bits per heavy atom. The van der Waals surface area contributed by atoms with Crippen LogP contribution in [-0.4, -0.2) is 32.9 Å². The highest BCUT2D eigenvalue weighted by molar-refractivity contribution is 7.89. The highest BCUT2D eigenvalue weighted by Gasteiger charge is 2.26. The molecule has 114 valence electrons. The number of anilines is 1. The van der Waals surface area contributed by atoms with Crippen molar-refractivity contribution in [1.82, 2.24) is 4.31 Å². The van der Waals surface area contributed by atoms with E-state index >= 15 is 0 Å². The van der Waals surface area contributed by atoms with Gasteiger partial charge in [0.05, 0.1) is 17.7 Å². The van der Waals surface area contributed by atoms with E-state index in [4.69, 9.17) is 10.5 Å². The van der Waals surface area contributed by atoms with Crippen molar-refractivity contribution >= 4 is 15.7 Å². The number of hydrogen-bond acceptors (Lipinski definition) is 4. The van der Waals surface area contributed by atoms with Gasteiger partial charge in [0.25, 0.3) is 0 Å². The second kappa shape index (κ2) is 6.45. The van der Waals surface area contributed by atoms with Gasteiger partial charge in [0.15, 0.2) is 0 Å². The lowest BCUT2D eigenvalue weighted by molar-refractivity contribution is 0.338. The Morgan fingerprint density at radius 1 is 1.30 bits per heavy atom. The number of benzene rings is 1. The maximum atomic E-state index is 12.5. The average Bonchev–Trinajstić information content (AvgIpc) is 2.36. The van der Waals surface area contributed by atoms with E-state index in [0.717, 1.165) is 6.42 Å². The van der Waals surface area contributed by atoms with Gasteiger partial charge in [0.1, 0.15) is 5.75 Å². The summed E-state index contributed by atoms with van der Waals surface area (Å²) >= 11 is 0. The van der Waals surface area contributed by atoms with E-state index in [2.05, 4.69) is 13.8 Å². The Labute approximate surface area is 121 Å². The second-order valence-electron chi connectivity index (χ2n) is 5.40. The summed E-state index contributed by atoms with van der Waals surface area (Å²) in [6.45, 7) is 6.05. The van der Waals surface area contributed by atoms with E-state index in [0.29, 0.717) is 17.4 Å². The van der Waals surface area contributed by atoms with Gasteiger partial charge >= 0.3 is 0 Å². The van der Waals surface area contributed by atoms with Crippen molar-refractivity contribution in [3.63, 3.8) is 0 Å². The Balaban J connectivity index is 3.07. The second-order valence-corrected chi connectivity index (χ2v) is 7.40. The molecule has 0 heterocycles. The van der Waals surface area contributed by atoms with Gasteiger partial charge in [-0.05, 0) is 37.5 Å². The molecule has 0 aliphatic heterocycles. The Morgan fingerprint density at radius 3 is 2.35 bits per heavy atom. The lowest BCUT2D eigenvalue weighted by atomic mass is 10.1. The van der Waals surface area contributed by atoms with Crippen LogP contribution in [-0.2, 0) is 10.0 Å². The van der Waals surface area contributed by atoms with Crippen molar-refractivity contribution in [1.29, 1.82) is 0 Å². The van der Waals surface area contributed by atoms with E-state index in [1.807, 2.05) is 6.92 Å². The van der Waals surface area contributed by atoms with Crippen LogP contribution in [0.15, 0.2) is 23.1 Å². The van der Waals surface area contributed by atoms with E-state index in [-0.39, 0.29) is 10.9 Å². The van der Waals surface area contributed by atoms with Gasteiger partial charge in [-0.2, -0.15) is 4.31 Å². The minimum absolute atomic E-state index is 0.0664. The van der Waals surface area contributed by atoms with Crippen LogP contribution in [0.4, 0.5) is 5.69 Å². The molecule has 0 fully saturated rings. The topological polar surface area (TPSA) is 72.6 Å². The average molecular weight is 300 g/mol. The van der Waals surface area contributed by atoms with E-state index in [1.165, 1.54) is 23.5 Å². The minimum atomic E-state index is -3.53. The molecule has 0 aromatic heterocycles. The molecule has 0 aliphatic carbocycles. The van der Waals surface area contributed by atoms with Gasteiger partial charge in [-0.3, -0.25) is 0 Å². The molecular weight excluding hydrogens is 276 g/mol. The number of nitrogen functional groups attached to an aromatic ring is 1. The highest BCUT2D eigenvalue weighted by atomic mass is 32.2. The molecule has 0 amide bonds. The summed E-state index contributed by atoms with van der Waals surface area (Å²) in [5.74, 6) is 0.908. The summed E-state index contributed by atoms with van der Waals surface area (Å²) in [6, 6.07) is 4.46. The summed E-state index contributed by atoms with van der Waals surface area (Å²) in [5, 5.41) is 0. The molecule has 1 unspecified atom stereocenters. The van der Waals surface area contributed by atoms with E-state index in [1.54, 1.807) is 13.1 Å². The fourth-order valence-electron chi connectivity index (χ4n) is 2.11. The molecule has 20 heavy (non-hydrogen) atoms. The zero-order chi connectivity index (χ0) is 15.5. The van der Waals surface area contributed by atoms with E-state index < -0.39 is 10.0 Å². The SMILES string of the molecule is COc1ccc(S(=O)(=O)N(C)C(C)CC(C)C)cc1N. The predicted molar refractivity (Wildman–Crippen MR) is 81.3 cm³/mol. The molecule has 0 saturated heterocycles. The molecule has 5 nitrogen and oxygen atoms in total. The largest absolute Gasteiger partial charge is 0.495 e. The maximum Gasteiger partial charge on any atom is 0.243 e. The first-order valence-electron chi connectivity index (χ1n) is 6.61. The van der Waals surface area contributed by atoms with Crippen LogP contribution in [0.5, 0.6) is 5.75 Å². The van der Waals surface area contributed by atoms with Crippen molar-refractivity contribution in [3.05, 3.63) is 18.2 Å². The quantitative estimate of drug-likeness (QED) is 0.818. The standard InChI is InChI=1S/C14H24N2O3S/c1-10(2)8-11(3)16(4)20(17,18)12-6-7-14(19-5)13(15)9-12/h6-7,9-11H,8,15H2,1-5H3. The minimum Gasteiger partial charge on any atom is -0.495 e. The molecule has 0 aliphatic rings. The number of hydrogen-bond donors (Lipinski definition) is 1. The summed E-state index contributed by atoms with van der Waals surface area (Å²) < 4.78 is 31.5. The van der Waals surface area contributed by atoms with Crippen LogP contribution >= 0.6 is 0 Å². The molecule has 0 spiro atoms. The van der Waals surface area contributed by atoms with Gasteiger partial charge in [-0.25, -0.2) is 8.42 Å². The predicted octanol–water partition coefficient (Wildman–Crippen LogP) is 2.33. The molecule has 0 radical (unpaired) electrons. The molecule has 0 bridgehead atoms. The Bertz CT molecular complexity index is 556. The van der Waals surface area contributed by atoms with Crippen molar-refractivity contribution in [2.75, 3.05) is 19.9 Å². The van der Waals surface area contributed by atoms with Crippen molar-refractivity contribution in [2.24, 2.45) is 5.92 Å². The fraction of sp³-hybridized carbons (Fsp3) is 0.571. The number of nitrogens with zero attached hydrogens (tertiary/aromatic N) is 1. The lowest BCUT2D eigenvalue weighted by Gasteiger charge is -2.25. The number of rotatable bonds is 6. The lowest BCUT2D eigenvalue weighted by Crippen LogP contribution is -2.35. The molecule has 2 N–H and O–H groups in total. The molecule has 1 atom stereocenters. The van der Waals surface area contributed by atoms with Gasteiger partial charge in [0.2, 0.25) is 10.0 Å². The van der Waals surface area contributed by atoms with Crippen molar-refractivity contribution in [3.8, 4) is 5.75 Å². The molecule has 1 aromatic carbocycles. The summed E-state index contributed by atoms with van der Waals surface area (Å²) in [5.41, 5.74) is 6.10. The number of nitrogens with two attached hydrogens (primary N) is 1. The maximum absolute atomic E-state index is 12.5. The molecule has 1 rings (SSSR count). The normalized spacial score (nSPS) is 13.8. The van der Waals surface area contributed by atoms with Crippen LogP contribution in [0.25, 0.3) is 0 Å². The smallest absolute Gasteiger partial charge is 0.243 e.